The van der Waals surface area contributed by atoms with Gasteiger partial charge in [-0.3, -0.25) is 24.7 Å². The van der Waals surface area contributed by atoms with E-state index in [4.69, 9.17) is 0 Å². The van der Waals surface area contributed by atoms with Crippen molar-refractivity contribution >= 4 is 28.9 Å². The van der Waals surface area contributed by atoms with E-state index in [-0.39, 0.29) is 17.3 Å². The summed E-state index contributed by atoms with van der Waals surface area (Å²) in [5.74, 6) is -0.586. The van der Waals surface area contributed by atoms with Crippen LogP contribution >= 0.6 is 0 Å². The maximum atomic E-state index is 13.0. The number of unbranched alkanes of at least 4 members (excludes halogenated alkanes) is 2. The number of nitro benzene ring substituents is 1. The zero-order valence-electron chi connectivity index (χ0n) is 16.8. The van der Waals surface area contributed by atoms with Gasteiger partial charge in [0.15, 0.2) is 0 Å². The van der Waals surface area contributed by atoms with E-state index in [1.807, 2.05) is 0 Å². The lowest BCUT2D eigenvalue weighted by Crippen LogP contribution is -2.36. The molecule has 1 N–H and O–H groups in total. The first-order chi connectivity index (χ1) is 13.8. The van der Waals surface area contributed by atoms with Crippen molar-refractivity contribution in [2.45, 2.75) is 45.4 Å². The van der Waals surface area contributed by atoms with Crippen LogP contribution in [0.15, 0.2) is 36.7 Å². The van der Waals surface area contributed by atoms with Gasteiger partial charge in [-0.05, 0) is 44.0 Å². The largest absolute Gasteiger partial charge is 0.316 e. The first-order valence-electron chi connectivity index (χ1n) is 9.63. The predicted octanol–water partition coefficient (Wildman–Crippen LogP) is 4.06. The van der Waals surface area contributed by atoms with Crippen molar-refractivity contribution in [1.82, 2.24) is 4.98 Å². The lowest BCUT2D eigenvalue weighted by molar-refractivity contribution is -0.383. The fraction of sp³-hybridized carbons (Fsp3) is 0.381. The maximum absolute atomic E-state index is 13.0. The molecule has 0 aliphatic carbocycles. The summed E-state index contributed by atoms with van der Waals surface area (Å²) in [6, 6.07) is 6.14. The van der Waals surface area contributed by atoms with Gasteiger partial charge in [0, 0.05) is 25.0 Å². The zero-order chi connectivity index (χ0) is 21.2. The number of hydrogen-bond acceptors (Lipinski definition) is 5. The lowest BCUT2D eigenvalue weighted by atomic mass is 9.85. The van der Waals surface area contributed by atoms with E-state index in [0.717, 1.165) is 19.3 Å². The summed E-state index contributed by atoms with van der Waals surface area (Å²) in [5, 5.41) is 14.3. The van der Waals surface area contributed by atoms with Crippen LogP contribution in [0.25, 0.3) is 0 Å². The standard InChI is InChI=1S/C21H24N4O4/c1-4-5-6-10-24-17-12-18(25(28)29)16(11-15(17)21(2,3)20(24)27)23-19(26)14-8-7-9-22-13-14/h7-9,11-13H,4-6,10H2,1-3H3,(H,23,26). The number of nitrogens with one attached hydrogen (secondary N) is 1. The summed E-state index contributed by atoms with van der Waals surface area (Å²) in [6.45, 7) is 6.19. The third-order valence-electron chi connectivity index (χ3n) is 5.21. The van der Waals surface area contributed by atoms with Gasteiger partial charge in [-0.25, -0.2) is 0 Å². The highest BCUT2D eigenvalue weighted by Gasteiger charge is 2.45. The molecule has 1 aliphatic rings. The van der Waals surface area contributed by atoms with Gasteiger partial charge >= 0.3 is 0 Å². The molecule has 29 heavy (non-hydrogen) atoms. The number of aromatic nitrogens is 1. The molecular formula is C21H24N4O4. The second kappa shape index (κ2) is 7.98. The quantitative estimate of drug-likeness (QED) is 0.432. The molecule has 1 aromatic heterocycles. The van der Waals surface area contributed by atoms with E-state index in [2.05, 4.69) is 17.2 Å². The highest BCUT2D eigenvalue weighted by molar-refractivity contribution is 6.10. The number of benzene rings is 1. The molecule has 0 radical (unpaired) electrons. The summed E-state index contributed by atoms with van der Waals surface area (Å²) in [4.78, 5) is 42.1. The number of hydrogen-bond donors (Lipinski definition) is 1. The molecule has 0 bridgehead atoms. The molecule has 2 heterocycles. The molecule has 0 fully saturated rings. The number of rotatable bonds is 7. The van der Waals surface area contributed by atoms with E-state index in [1.54, 1.807) is 36.9 Å². The van der Waals surface area contributed by atoms with Crippen LogP contribution in [0.4, 0.5) is 17.1 Å². The number of amides is 2. The minimum atomic E-state index is -0.829. The first-order valence-corrected chi connectivity index (χ1v) is 9.63. The van der Waals surface area contributed by atoms with Gasteiger partial charge in [0.05, 0.1) is 21.6 Å². The number of nitrogens with zero attached hydrogens (tertiary/aromatic N) is 3. The van der Waals surface area contributed by atoms with Crippen molar-refractivity contribution in [3.63, 3.8) is 0 Å². The average molecular weight is 396 g/mol. The van der Waals surface area contributed by atoms with Gasteiger partial charge in [-0.2, -0.15) is 0 Å². The van der Waals surface area contributed by atoms with Gasteiger partial charge < -0.3 is 10.2 Å². The van der Waals surface area contributed by atoms with Crippen LogP contribution in [0, 0.1) is 10.1 Å². The van der Waals surface area contributed by atoms with Gasteiger partial charge in [-0.15, -0.1) is 0 Å². The Morgan fingerprint density at radius 2 is 2.07 bits per heavy atom. The van der Waals surface area contributed by atoms with Crippen molar-refractivity contribution in [3.05, 3.63) is 57.9 Å². The third kappa shape index (κ3) is 3.83. The summed E-state index contributed by atoms with van der Waals surface area (Å²) in [6.07, 6.45) is 5.73. The molecule has 1 aliphatic heterocycles. The number of pyridine rings is 1. The molecule has 2 amide bonds. The Kier molecular flexibility index (Phi) is 5.63. The molecule has 3 rings (SSSR count). The van der Waals surface area contributed by atoms with Gasteiger partial charge in [-0.1, -0.05) is 19.8 Å². The fourth-order valence-electron chi connectivity index (χ4n) is 3.55. The van der Waals surface area contributed by atoms with Gasteiger partial charge in [0.1, 0.15) is 5.69 Å². The molecule has 0 saturated heterocycles. The van der Waals surface area contributed by atoms with Gasteiger partial charge in [0.25, 0.3) is 11.6 Å². The Balaban J connectivity index is 2.02. The smallest absolute Gasteiger partial charge is 0.294 e. The molecule has 0 unspecified atom stereocenters. The zero-order valence-corrected chi connectivity index (χ0v) is 16.8. The van der Waals surface area contributed by atoms with Crippen molar-refractivity contribution in [2.75, 3.05) is 16.8 Å². The Hall–Kier alpha value is -3.29. The number of nitro groups is 1. The van der Waals surface area contributed by atoms with E-state index in [0.29, 0.717) is 23.4 Å². The summed E-state index contributed by atoms with van der Waals surface area (Å²) in [5.41, 5.74) is 0.503. The molecule has 152 valence electrons. The molecule has 8 nitrogen and oxygen atoms in total. The molecular weight excluding hydrogens is 372 g/mol. The Morgan fingerprint density at radius 3 is 2.69 bits per heavy atom. The molecule has 2 aromatic rings. The van der Waals surface area contributed by atoms with Crippen molar-refractivity contribution in [2.24, 2.45) is 0 Å². The Labute approximate surface area is 169 Å². The van der Waals surface area contributed by atoms with Crippen molar-refractivity contribution in [3.8, 4) is 0 Å². The Bertz CT molecular complexity index is 957. The minimum absolute atomic E-state index is 0.0684. The lowest BCUT2D eigenvalue weighted by Gasteiger charge is -2.20. The second-order valence-corrected chi connectivity index (χ2v) is 7.63. The van der Waals surface area contributed by atoms with Crippen LogP contribution in [0.2, 0.25) is 0 Å². The highest BCUT2D eigenvalue weighted by Crippen LogP contribution is 2.46. The summed E-state index contributed by atoms with van der Waals surface area (Å²) < 4.78 is 0. The molecule has 8 heteroatoms. The molecule has 1 aromatic carbocycles. The first kappa shape index (κ1) is 20.4. The summed E-state index contributed by atoms with van der Waals surface area (Å²) in [7, 11) is 0. The topological polar surface area (TPSA) is 105 Å². The minimum Gasteiger partial charge on any atom is -0.316 e. The number of fused-ring (bicyclic) bond motifs is 1. The monoisotopic (exact) mass is 396 g/mol. The number of carbonyl (C=O) groups excluding carboxylic acids is 2. The number of carbonyl (C=O) groups is 2. The van der Waals surface area contributed by atoms with Crippen LogP contribution in [-0.2, 0) is 10.2 Å². The maximum Gasteiger partial charge on any atom is 0.294 e. The highest BCUT2D eigenvalue weighted by atomic mass is 16.6. The van der Waals surface area contributed by atoms with Crippen LogP contribution in [0.5, 0.6) is 0 Å². The second-order valence-electron chi connectivity index (χ2n) is 7.63. The van der Waals surface area contributed by atoms with Crippen molar-refractivity contribution < 1.29 is 14.5 Å². The van der Waals surface area contributed by atoms with E-state index in [1.165, 1.54) is 18.5 Å². The van der Waals surface area contributed by atoms with Crippen LogP contribution in [0.1, 0.15) is 56.0 Å². The molecule has 0 saturated carbocycles. The summed E-state index contributed by atoms with van der Waals surface area (Å²) >= 11 is 0. The van der Waals surface area contributed by atoms with E-state index < -0.39 is 16.2 Å². The van der Waals surface area contributed by atoms with E-state index >= 15 is 0 Å². The molecule has 0 spiro atoms. The SMILES string of the molecule is CCCCCN1C(=O)C(C)(C)c2cc(NC(=O)c3cccnc3)c([N+](=O)[O-])cc21. The normalized spacial score (nSPS) is 14.6. The van der Waals surface area contributed by atoms with Gasteiger partial charge in [0.2, 0.25) is 5.91 Å². The average Bonchev–Trinajstić information content (AvgIpc) is 2.88. The Morgan fingerprint density at radius 1 is 1.31 bits per heavy atom. The molecule has 0 atom stereocenters. The van der Waals surface area contributed by atoms with Crippen molar-refractivity contribution in [1.29, 1.82) is 0 Å². The third-order valence-corrected chi connectivity index (χ3v) is 5.21. The van der Waals surface area contributed by atoms with Crippen LogP contribution in [-0.4, -0.2) is 28.3 Å². The van der Waals surface area contributed by atoms with Crippen LogP contribution < -0.4 is 10.2 Å². The van der Waals surface area contributed by atoms with E-state index in [9.17, 15) is 19.7 Å². The number of anilines is 2. The van der Waals surface area contributed by atoms with Crippen LogP contribution in [0.3, 0.4) is 0 Å². The predicted molar refractivity (Wildman–Crippen MR) is 110 cm³/mol. The fourth-order valence-corrected chi connectivity index (χ4v) is 3.55.